The number of anilines is 1. The molecule has 1 N–H and O–H groups in total. The predicted molar refractivity (Wildman–Crippen MR) is 165 cm³/mol. The van der Waals surface area contributed by atoms with Crippen molar-refractivity contribution >= 4 is 43.5 Å². The first-order valence-corrected chi connectivity index (χ1v) is 15.6. The minimum absolute atomic E-state index is 0.0221. The van der Waals surface area contributed by atoms with Crippen molar-refractivity contribution in [2.24, 2.45) is 0 Å². The molecule has 0 saturated carbocycles. The summed E-state index contributed by atoms with van der Waals surface area (Å²) in [4.78, 5) is 29.1. The summed E-state index contributed by atoms with van der Waals surface area (Å²) in [7, 11) is -4.23. The Bertz CT molecular complexity index is 1590. The molecule has 4 aromatic rings. The van der Waals surface area contributed by atoms with Gasteiger partial charge in [-0.1, -0.05) is 76.6 Å². The fourth-order valence-corrected chi connectivity index (χ4v) is 6.19. The molecule has 4 aromatic carbocycles. The molecule has 0 spiro atoms. The number of benzene rings is 4. The molecular weight excluding hydrogens is 621 g/mol. The number of amides is 2. The fraction of sp³-hybridized carbons (Fsp3) is 0.188. The summed E-state index contributed by atoms with van der Waals surface area (Å²) in [5.74, 6) is -1.49. The standard InChI is InChI=1S/C32H31BrFN3O4S/c1-2-35-32(39)30(21-24-9-5-3-6-10-24)36(22-25-13-15-26(33)16-14-25)31(38)23-37(28-19-17-27(34)18-20-28)42(40,41)29-11-7-4-8-12-29/h3-20,30H,2,21-23H2,1H3,(H,35,39). The lowest BCUT2D eigenvalue weighted by Gasteiger charge is -2.33. The summed E-state index contributed by atoms with van der Waals surface area (Å²) in [6.07, 6.45) is 0.219. The smallest absolute Gasteiger partial charge is 0.264 e. The topological polar surface area (TPSA) is 86.8 Å². The van der Waals surface area contributed by atoms with Gasteiger partial charge in [0.15, 0.2) is 0 Å². The predicted octanol–water partition coefficient (Wildman–Crippen LogP) is 5.56. The third kappa shape index (κ3) is 7.83. The van der Waals surface area contributed by atoms with Crippen molar-refractivity contribution in [2.45, 2.75) is 30.8 Å². The van der Waals surface area contributed by atoms with Crippen LogP contribution in [0.1, 0.15) is 18.1 Å². The Kier molecular flexibility index (Phi) is 10.5. The highest BCUT2D eigenvalue weighted by Crippen LogP contribution is 2.25. The maximum absolute atomic E-state index is 14.2. The lowest BCUT2D eigenvalue weighted by atomic mass is 10.0. The van der Waals surface area contributed by atoms with E-state index in [0.717, 1.165) is 32.0 Å². The van der Waals surface area contributed by atoms with Gasteiger partial charge >= 0.3 is 0 Å². The summed E-state index contributed by atoms with van der Waals surface area (Å²) >= 11 is 3.42. The number of nitrogens with one attached hydrogen (secondary N) is 1. The van der Waals surface area contributed by atoms with Crippen molar-refractivity contribution in [2.75, 3.05) is 17.4 Å². The molecule has 10 heteroatoms. The monoisotopic (exact) mass is 651 g/mol. The van der Waals surface area contributed by atoms with Gasteiger partial charge in [-0.3, -0.25) is 13.9 Å². The quantitative estimate of drug-likeness (QED) is 0.217. The summed E-state index contributed by atoms with van der Waals surface area (Å²) in [6, 6.07) is 28.4. The molecule has 0 fully saturated rings. The van der Waals surface area contributed by atoms with Gasteiger partial charge < -0.3 is 10.2 Å². The molecule has 0 aliphatic carbocycles. The molecule has 42 heavy (non-hydrogen) atoms. The third-order valence-corrected chi connectivity index (χ3v) is 8.93. The first kappa shape index (κ1) is 30.9. The van der Waals surface area contributed by atoms with Crippen LogP contribution in [-0.4, -0.2) is 44.3 Å². The molecule has 0 bridgehead atoms. The van der Waals surface area contributed by atoms with Crippen molar-refractivity contribution in [3.63, 3.8) is 0 Å². The first-order chi connectivity index (χ1) is 20.2. The van der Waals surface area contributed by atoms with Crippen LogP contribution < -0.4 is 9.62 Å². The van der Waals surface area contributed by atoms with E-state index in [4.69, 9.17) is 0 Å². The Hall–Kier alpha value is -4.02. The molecule has 0 aliphatic heterocycles. The molecule has 7 nitrogen and oxygen atoms in total. The maximum atomic E-state index is 14.2. The average molecular weight is 653 g/mol. The Morgan fingerprint density at radius 3 is 2.02 bits per heavy atom. The SMILES string of the molecule is CCNC(=O)C(Cc1ccccc1)N(Cc1ccc(Br)cc1)C(=O)CN(c1ccc(F)cc1)S(=O)(=O)c1ccccc1. The Morgan fingerprint density at radius 1 is 0.833 bits per heavy atom. The largest absolute Gasteiger partial charge is 0.355 e. The lowest BCUT2D eigenvalue weighted by Crippen LogP contribution is -2.53. The molecule has 218 valence electrons. The second-order valence-corrected chi connectivity index (χ2v) is 12.3. The highest BCUT2D eigenvalue weighted by Gasteiger charge is 2.34. The van der Waals surface area contributed by atoms with Gasteiger partial charge in [0.05, 0.1) is 10.6 Å². The molecule has 2 amide bonds. The molecule has 1 atom stereocenters. The normalized spacial score (nSPS) is 11.9. The van der Waals surface area contributed by atoms with Gasteiger partial charge in [-0.05, 0) is 66.6 Å². The van der Waals surface area contributed by atoms with E-state index in [-0.39, 0.29) is 29.5 Å². The number of sulfonamides is 1. The molecule has 0 aliphatic rings. The molecule has 0 radical (unpaired) electrons. The van der Waals surface area contributed by atoms with E-state index in [1.165, 1.54) is 29.2 Å². The molecule has 0 saturated heterocycles. The Labute approximate surface area is 254 Å². The van der Waals surface area contributed by atoms with E-state index < -0.39 is 34.3 Å². The molecule has 0 heterocycles. The number of rotatable bonds is 12. The van der Waals surface area contributed by atoms with Crippen LogP contribution in [0.2, 0.25) is 0 Å². The zero-order chi connectivity index (χ0) is 30.1. The number of halogens is 2. The van der Waals surface area contributed by atoms with E-state index in [9.17, 15) is 22.4 Å². The van der Waals surface area contributed by atoms with Crippen molar-refractivity contribution in [1.82, 2.24) is 10.2 Å². The number of carbonyl (C=O) groups is 2. The van der Waals surface area contributed by atoms with E-state index in [1.54, 1.807) is 25.1 Å². The number of hydrogen-bond donors (Lipinski definition) is 1. The minimum atomic E-state index is -4.23. The fourth-order valence-electron chi connectivity index (χ4n) is 4.49. The molecule has 4 rings (SSSR count). The van der Waals surface area contributed by atoms with Gasteiger partial charge in [-0.25, -0.2) is 12.8 Å². The summed E-state index contributed by atoms with van der Waals surface area (Å²) in [5, 5.41) is 2.83. The number of hydrogen-bond acceptors (Lipinski definition) is 4. The van der Waals surface area contributed by atoms with Crippen LogP contribution in [0.15, 0.2) is 119 Å². The highest BCUT2D eigenvalue weighted by atomic mass is 79.9. The zero-order valence-electron chi connectivity index (χ0n) is 23.0. The number of likely N-dealkylation sites (N-methyl/N-ethyl adjacent to an activating group) is 1. The van der Waals surface area contributed by atoms with E-state index in [1.807, 2.05) is 54.6 Å². The van der Waals surface area contributed by atoms with Gasteiger partial charge in [-0.2, -0.15) is 0 Å². The van der Waals surface area contributed by atoms with Crippen LogP contribution in [0, 0.1) is 5.82 Å². The van der Waals surface area contributed by atoms with Crippen molar-refractivity contribution in [1.29, 1.82) is 0 Å². The van der Waals surface area contributed by atoms with Crippen LogP contribution >= 0.6 is 15.9 Å². The van der Waals surface area contributed by atoms with Crippen LogP contribution in [0.5, 0.6) is 0 Å². The van der Waals surface area contributed by atoms with Gasteiger partial charge in [0.1, 0.15) is 18.4 Å². The van der Waals surface area contributed by atoms with Gasteiger partial charge in [0.2, 0.25) is 11.8 Å². The Balaban J connectivity index is 1.78. The second kappa shape index (κ2) is 14.2. The van der Waals surface area contributed by atoms with Crippen LogP contribution in [0.4, 0.5) is 10.1 Å². The second-order valence-electron chi connectivity index (χ2n) is 9.55. The highest BCUT2D eigenvalue weighted by molar-refractivity contribution is 9.10. The Morgan fingerprint density at radius 2 is 1.43 bits per heavy atom. The van der Waals surface area contributed by atoms with E-state index in [0.29, 0.717) is 6.54 Å². The maximum Gasteiger partial charge on any atom is 0.264 e. The summed E-state index contributed by atoms with van der Waals surface area (Å²) in [5.41, 5.74) is 1.72. The summed E-state index contributed by atoms with van der Waals surface area (Å²) in [6.45, 7) is 1.60. The molecule has 0 aromatic heterocycles. The zero-order valence-corrected chi connectivity index (χ0v) is 25.4. The number of carbonyl (C=O) groups excluding carboxylic acids is 2. The van der Waals surface area contributed by atoms with Crippen molar-refractivity contribution in [3.05, 3.63) is 131 Å². The van der Waals surface area contributed by atoms with E-state index in [2.05, 4.69) is 21.2 Å². The third-order valence-electron chi connectivity index (χ3n) is 6.61. The van der Waals surface area contributed by atoms with Gasteiger partial charge in [0.25, 0.3) is 10.0 Å². The minimum Gasteiger partial charge on any atom is -0.355 e. The van der Waals surface area contributed by atoms with Crippen LogP contribution in [0.3, 0.4) is 0 Å². The molecule has 1 unspecified atom stereocenters. The number of nitrogens with zero attached hydrogens (tertiary/aromatic N) is 2. The van der Waals surface area contributed by atoms with E-state index >= 15 is 0 Å². The average Bonchev–Trinajstić information content (AvgIpc) is 3.00. The first-order valence-electron chi connectivity index (χ1n) is 13.4. The van der Waals surface area contributed by atoms with Crippen LogP contribution in [0.25, 0.3) is 0 Å². The van der Waals surface area contributed by atoms with Crippen molar-refractivity contribution in [3.8, 4) is 0 Å². The van der Waals surface area contributed by atoms with Crippen molar-refractivity contribution < 1.29 is 22.4 Å². The van der Waals surface area contributed by atoms with Crippen LogP contribution in [-0.2, 0) is 32.6 Å². The molecular formula is C32H31BrFN3O4S. The van der Waals surface area contributed by atoms with Gasteiger partial charge in [0, 0.05) is 24.0 Å². The summed E-state index contributed by atoms with van der Waals surface area (Å²) < 4.78 is 43.3. The lowest BCUT2D eigenvalue weighted by molar-refractivity contribution is -0.140. The van der Waals surface area contributed by atoms with Gasteiger partial charge in [-0.15, -0.1) is 0 Å².